The van der Waals surface area contributed by atoms with E-state index in [-0.39, 0.29) is 11.8 Å². The fraction of sp³-hybridized carbons (Fsp3) is 0.476. The van der Waals surface area contributed by atoms with Crippen molar-refractivity contribution in [2.45, 2.75) is 45.6 Å². The second-order valence-electron chi connectivity index (χ2n) is 7.61. The smallest absolute Gasteiger partial charge is 0.223 e. The second-order valence-corrected chi connectivity index (χ2v) is 8.05. The fourth-order valence-corrected chi connectivity index (χ4v) is 3.56. The summed E-state index contributed by atoms with van der Waals surface area (Å²) < 4.78 is 0. The summed E-state index contributed by atoms with van der Waals surface area (Å²) in [5, 5.41) is 0.686. The maximum Gasteiger partial charge on any atom is 0.223 e. The fourth-order valence-electron chi connectivity index (χ4n) is 3.43. The van der Waals surface area contributed by atoms with E-state index in [4.69, 9.17) is 22.3 Å². The van der Waals surface area contributed by atoms with Gasteiger partial charge in [0.1, 0.15) is 5.82 Å². The molecule has 3 rings (SSSR count). The predicted octanol–water partition coefficient (Wildman–Crippen LogP) is 3.35. The van der Waals surface area contributed by atoms with Gasteiger partial charge in [-0.15, -0.1) is 0 Å². The highest BCUT2D eigenvalue weighted by molar-refractivity contribution is 6.30. The highest BCUT2D eigenvalue weighted by atomic mass is 35.5. The van der Waals surface area contributed by atoms with Crippen LogP contribution in [0.5, 0.6) is 0 Å². The number of hydrogen-bond donors (Lipinski definition) is 1. The van der Waals surface area contributed by atoms with Crippen LogP contribution in [0.2, 0.25) is 5.02 Å². The number of aromatic nitrogens is 2. The Hall–Kier alpha value is -1.98. The van der Waals surface area contributed by atoms with Crippen molar-refractivity contribution >= 4 is 17.5 Å². The molecule has 1 aliphatic rings. The zero-order chi connectivity index (χ0) is 19.4. The van der Waals surface area contributed by atoms with Crippen molar-refractivity contribution in [2.24, 2.45) is 11.7 Å². The van der Waals surface area contributed by atoms with E-state index in [9.17, 15) is 4.79 Å². The van der Waals surface area contributed by atoms with Gasteiger partial charge in [0.25, 0.3) is 0 Å². The van der Waals surface area contributed by atoms with E-state index in [1.807, 2.05) is 35.4 Å². The number of nitrogens with zero attached hydrogens (tertiary/aromatic N) is 3. The topological polar surface area (TPSA) is 72.1 Å². The molecule has 1 aromatic heterocycles. The molecule has 6 heteroatoms. The SMILES string of the molecule is CC(C)Cc1ncc2c(n1)CN(C(=O)C[C@H](CN)c1ccc(Cl)cc1)CC2. The molecule has 0 unspecified atom stereocenters. The monoisotopic (exact) mass is 386 g/mol. The predicted molar refractivity (Wildman–Crippen MR) is 108 cm³/mol. The molecule has 0 saturated heterocycles. The third-order valence-electron chi connectivity index (χ3n) is 4.99. The molecule has 0 radical (unpaired) electrons. The largest absolute Gasteiger partial charge is 0.336 e. The minimum absolute atomic E-state index is 0.00179. The van der Waals surface area contributed by atoms with Gasteiger partial charge in [-0.3, -0.25) is 4.79 Å². The van der Waals surface area contributed by atoms with E-state index in [1.165, 1.54) is 0 Å². The van der Waals surface area contributed by atoms with Gasteiger partial charge < -0.3 is 10.6 Å². The van der Waals surface area contributed by atoms with Crippen LogP contribution in [0.4, 0.5) is 0 Å². The van der Waals surface area contributed by atoms with Gasteiger partial charge in [-0.05, 0) is 42.1 Å². The van der Waals surface area contributed by atoms with Gasteiger partial charge in [-0.2, -0.15) is 0 Å². The first kappa shape index (κ1) is 19.8. The lowest BCUT2D eigenvalue weighted by atomic mass is 9.94. The number of amides is 1. The average Bonchev–Trinajstić information content (AvgIpc) is 2.65. The highest BCUT2D eigenvalue weighted by Crippen LogP contribution is 2.24. The summed E-state index contributed by atoms with van der Waals surface area (Å²) in [4.78, 5) is 24.0. The maximum atomic E-state index is 12.9. The zero-order valence-electron chi connectivity index (χ0n) is 16.0. The lowest BCUT2D eigenvalue weighted by Gasteiger charge is -2.29. The van der Waals surface area contributed by atoms with Gasteiger partial charge in [-0.25, -0.2) is 9.97 Å². The third-order valence-corrected chi connectivity index (χ3v) is 5.24. The number of carbonyl (C=O) groups excluding carboxylic acids is 1. The Labute approximate surface area is 166 Å². The highest BCUT2D eigenvalue weighted by Gasteiger charge is 2.25. The summed E-state index contributed by atoms with van der Waals surface area (Å²) in [5.74, 6) is 1.49. The summed E-state index contributed by atoms with van der Waals surface area (Å²) in [7, 11) is 0. The Morgan fingerprint density at radius 3 is 2.70 bits per heavy atom. The molecule has 0 saturated carbocycles. The molecule has 1 atom stereocenters. The number of hydrogen-bond acceptors (Lipinski definition) is 4. The van der Waals surface area contributed by atoms with Crippen molar-refractivity contribution in [2.75, 3.05) is 13.1 Å². The van der Waals surface area contributed by atoms with Crippen LogP contribution in [-0.4, -0.2) is 33.9 Å². The average molecular weight is 387 g/mol. The van der Waals surface area contributed by atoms with Crippen LogP contribution in [0.15, 0.2) is 30.5 Å². The summed E-state index contributed by atoms with van der Waals surface area (Å²) >= 11 is 5.96. The number of halogens is 1. The van der Waals surface area contributed by atoms with Crippen LogP contribution >= 0.6 is 11.6 Å². The van der Waals surface area contributed by atoms with Crippen LogP contribution in [0.3, 0.4) is 0 Å². The third kappa shape index (κ3) is 5.05. The van der Waals surface area contributed by atoms with Crippen molar-refractivity contribution in [3.8, 4) is 0 Å². The lowest BCUT2D eigenvalue weighted by molar-refractivity contribution is -0.132. The molecule has 1 aromatic carbocycles. The summed E-state index contributed by atoms with van der Waals surface area (Å²) in [6.07, 6.45) is 3.99. The maximum absolute atomic E-state index is 12.9. The quantitative estimate of drug-likeness (QED) is 0.826. The van der Waals surface area contributed by atoms with Crippen molar-refractivity contribution in [3.63, 3.8) is 0 Å². The van der Waals surface area contributed by atoms with Gasteiger partial charge in [0.05, 0.1) is 12.2 Å². The number of fused-ring (bicyclic) bond motifs is 1. The first-order valence-corrected chi connectivity index (χ1v) is 9.91. The molecule has 0 aliphatic carbocycles. The normalized spacial score (nSPS) is 14.9. The van der Waals surface area contributed by atoms with Crippen molar-refractivity contribution in [1.29, 1.82) is 0 Å². The Morgan fingerprint density at radius 2 is 2.04 bits per heavy atom. The number of benzene rings is 1. The molecule has 5 nitrogen and oxygen atoms in total. The Morgan fingerprint density at radius 1 is 1.30 bits per heavy atom. The molecular weight excluding hydrogens is 360 g/mol. The Bertz CT molecular complexity index is 791. The minimum atomic E-state index is -0.00179. The number of nitrogens with two attached hydrogens (primary N) is 1. The van der Waals surface area contributed by atoms with Crippen LogP contribution in [0, 0.1) is 5.92 Å². The molecule has 0 fully saturated rings. The standard InChI is InChI=1S/C21H27ClN4O/c1-14(2)9-20-24-12-16-7-8-26(13-19(16)25-20)21(27)10-17(11-23)15-3-5-18(22)6-4-15/h3-6,12,14,17H,7-11,13,23H2,1-2H3/t17-/m1/s1. The molecule has 2 aromatic rings. The number of rotatable bonds is 6. The molecule has 0 spiro atoms. The first-order chi connectivity index (χ1) is 13.0. The van der Waals surface area contributed by atoms with E-state index < -0.39 is 0 Å². The van der Waals surface area contributed by atoms with Gasteiger partial charge >= 0.3 is 0 Å². The van der Waals surface area contributed by atoms with Crippen LogP contribution in [0.25, 0.3) is 0 Å². The van der Waals surface area contributed by atoms with Crippen molar-refractivity contribution in [1.82, 2.24) is 14.9 Å². The molecule has 144 valence electrons. The minimum Gasteiger partial charge on any atom is -0.336 e. The summed E-state index contributed by atoms with van der Waals surface area (Å²) in [6, 6.07) is 7.58. The molecule has 2 heterocycles. The van der Waals surface area contributed by atoms with E-state index >= 15 is 0 Å². The van der Waals surface area contributed by atoms with Gasteiger partial charge in [0, 0.05) is 36.5 Å². The van der Waals surface area contributed by atoms with E-state index in [1.54, 1.807) is 0 Å². The van der Waals surface area contributed by atoms with Crippen LogP contribution in [-0.2, 0) is 24.2 Å². The molecule has 2 N–H and O–H groups in total. The number of carbonyl (C=O) groups is 1. The molecule has 1 amide bonds. The van der Waals surface area contributed by atoms with E-state index in [0.717, 1.165) is 35.5 Å². The molecule has 27 heavy (non-hydrogen) atoms. The molecule has 1 aliphatic heterocycles. The van der Waals surface area contributed by atoms with E-state index in [2.05, 4.69) is 18.8 Å². The van der Waals surface area contributed by atoms with Gasteiger partial charge in [-0.1, -0.05) is 37.6 Å². The summed E-state index contributed by atoms with van der Waals surface area (Å²) in [6.45, 7) is 6.00. The van der Waals surface area contributed by atoms with Gasteiger partial charge in [0.2, 0.25) is 5.91 Å². The first-order valence-electron chi connectivity index (χ1n) is 9.53. The summed E-state index contributed by atoms with van der Waals surface area (Å²) in [5.41, 5.74) is 9.12. The van der Waals surface area contributed by atoms with Gasteiger partial charge in [0.15, 0.2) is 0 Å². The van der Waals surface area contributed by atoms with E-state index in [0.29, 0.717) is 37.0 Å². The Kier molecular flexibility index (Phi) is 6.45. The van der Waals surface area contributed by atoms with Crippen molar-refractivity contribution < 1.29 is 4.79 Å². The van der Waals surface area contributed by atoms with Crippen LogP contribution in [0.1, 0.15) is 48.8 Å². The lowest BCUT2D eigenvalue weighted by Crippen LogP contribution is -2.38. The molecule has 0 bridgehead atoms. The van der Waals surface area contributed by atoms with Crippen LogP contribution < -0.4 is 5.73 Å². The zero-order valence-corrected chi connectivity index (χ0v) is 16.7. The Balaban J connectivity index is 1.68. The van der Waals surface area contributed by atoms with Crippen molar-refractivity contribution in [3.05, 3.63) is 58.1 Å². The molecular formula is C21H27ClN4O. The second kappa shape index (κ2) is 8.81.